The Morgan fingerprint density at radius 3 is 2.73 bits per heavy atom. The number of benzene rings is 1. The Kier molecular flexibility index (Phi) is 5.80. The number of amides is 1. The Labute approximate surface area is 153 Å². The topological polar surface area (TPSA) is 60.7 Å². The summed E-state index contributed by atoms with van der Waals surface area (Å²) in [5, 5.41) is 0. The van der Waals surface area contributed by atoms with Crippen LogP contribution >= 0.6 is 11.3 Å². The van der Waals surface area contributed by atoms with Gasteiger partial charge < -0.3 is 9.30 Å². The molecule has 5 nitrogen and oxygen atoms in total. The predicted molar refractivity (Wildman–Crippen MR) is 93.5 cm³/mol. The first-order valence-corrected chi connectivity index (χ1v) is 9.51. The van der Waals surface area contributed by atoms with E-state index in [1.807, 2.05) is 0 Å². The monoisotopic (exact) mass is 382 g/mol. The molecule has 8 heteroatoms. The van der Waals surface area contributed by atoms with Crippen LogP contribution in [0.25, 0.3) is 10.2 Å². The highest BCUT2D eigenvalue weighted by Crippen LogP contribution is 2.28. The summed E-state index contributed by atoms with van der Waals surface area (Å²) in [4.78, 5) is 28.5. The van der Waals surface area contributed by atoms with E-state index in [2.05, 4.69) is 4.99 Å². The van der Waals surface area contributed by atoms with Crippen molar-refractivity contribution in [2.24, 2.45) is 10.9 Å². The molecule has 0 aliphatic heterocycles. The van der Waals surface area contributed by atoms with Crippen molar-refractivity contribution in [3.63, 3.8) is 0 Å². The van der Waals surface area contributed by atoms with E-state index in [0.717, 1.165) is 43.1 Å². The van der Waals surface area contributed by atoms with Crippen LogP contribution in [0.1, 0.15) is 39.0 Å². The molecule has 1 saturated carbocycles. The van der Waals surface area contributed by atoms with E-state index in [1.54, 1.807) is 6.92 Å². The van der Waals surface area contributed by atoms with Gasteiger partial charge in [-0.05, 0) is 31.7 Å². The number of hydrogen-bond donors (Lipinski definition) is 0. The minimum atomic E-state index is -0.801. The maximum absolute atomic E-state index is 14.3. The molecule has 140 valence electrons. The molecular weight excluding hydrogens is 362 g/mol. The molecule has 0 radical (unpaired) electrons. The number of carbonyl (C=O) groups is 2. The van der Waals surface area contributed by atoms with Crippen molar-refractivity contribution < 1.29 is 23.1 Å². The lowest BCUT2D eigenvalue weighted by Crippen LogP contribution is -2.23. The van der Waals surface area contributed by atoms with Crippen LogP contribution in [0.3, 0.4) is 0 Å². The number of thiazole rings is 1. The fourth-order valence-corrected chi connectivity index (χ4v) is 4.40. The molecule has 0 unspecified atom stereocenters. The molecule has 1 aliphatic carbocycles. The number of hydrogen-bond acceptors (Lipinski definition) is 4. The lowest BCUT2D eigenvalue weighted by molar-refractivity contribution is -0.143. The molecule has 0 saturated heterocycles. The quantitative estimate of drug-likeness (QED) is 0.743. The molecule has 0 N–H and O–H groups in total. The van der Waals surface area contributed by atoms with Crippen LogP contribution in [0.4, 0.5) is 8.78 Å². The Bertz CT molecular complexity index is 898. The van der Waals surface area contributed by atoms with Crippen molar-refractivity contribution in [1.29, 1.82) is 0 Å². The van der Waals surface area contributed by atoms with Gasteiger partial charge in [0.2, 0.25) is 5.91 Å². The maximum atomic E-state index is 14.3. The summed E-state index contributed by atoms with van der Waals surface area (Å²) < 4.78 is 34.3. The van der Waals surface area contributed by atoms with E-state index >= 15 is 0 Å². The van der Waals surface area contributed by atoms with Crippen LogP contribution < -0.4 is 4.80 Å². The minimum Gasteiger partial charge on any atom is -0.465 e. The van der Waals surface area contributed by atoms with Crippen LogP contribution in [0.5, 0.6) is 0 Å². The van der Waals surface area contributed by atoms with E-state index in [0.29, 0.717) is 17.0 Å². The van der Waals surface area contributed by atoms with Crippen LogP contribution in [-0.4, -0.2) is 23.1 Å². The van der Waals surface area contributed by atoms with E-state index < -0.39 is 17.6 Å². The van der Waals surface area contributed by atoms with Gasteiger partial charge in [0.05, 0.1) is 16.8 Å². The number of aromatic nitrogens is 1. The number of carbonyl (C=O) groups excluding carboxylic acids is 2. The Hall–Kier alpha value is -2.09. The SMILES string of the molecule is CCOC(=O)Cn1c(=NC(=O)CC2CCCC2)sc2cc(F)cc(F)c21. The molecule has 26 heavy (non-hydrogen) atoms. The molecule has 0 atom stereocenters. The molecule has 1 aromatic heterocycles. The number of esters is 1. The standard InChI is InChI=1S/C18H20F2N2O3S/c1-2-25-16(24)10-22-17-13(20)8-12(19)9-14(17)26-18(22)21-15(23)7-11-5-3-4-6-11/h8-9,11H,2-7,10H2,1H3. The lowest BCUT2D eigenvalue weighted by atomic mass is 10.0. The number of ether oxygens (including phenoxy) is 1. The van der Waals surface area contributed by atoms with Crippen LogP contribution in [0.15, 0.2) is 17.1 Å². The minimum absolute atomic E-state index is 0.0527. The van der Waals surface area contributed by atoms with Gasteiger partial charge in [-0.2, -0.15) is 4.99 Å². The Morgan fingerprint density at radius 1 is 1.31 bits per heavy atom. The third-order valence-electron chi connectivity index (χ3n) is 4.45. The fraction of sp³-hybridized carbons (Fsp3) is 0.500. The average Bonchev–Trinajstić information content (AvgIpc) is 3.16. The summed E-state index contributed by atoms with van der Waals surface area (Å²) in [6.07, 6.45) is 4.60. The van der Waals surface area contributed by atoms with Crippen molar-refractivity contribution in [2.75, 3.05) is 6.61 Å². The number of nitrogens with zero attached hydrogens (tertiary/aromatic N) is 2. The fourth-order valence-electron chi connectivity index (χ4n) is 3.31. The zero-order valence-corrected chi connectivity index (χ0v) is 15.3. The summed E-state index contributed by atoms with van der Waals surface area (Å²) in [5.74, 6) is -2.07. The van der Waals surface area contributed by atoms with Crippen LogP contribution in [0.2, 0.25) is 0 Å². The molecular formula is C18H20F2N2O3S. The highest BCUT2D eigenvalue weighted by atomic mass is 32.1. The third kappa shape index (κ3) is 4.17. The second kappa shape index (κ2) is 8.07. The molecule has 2 aromatic rings. The molecule has 1 aromatic carbocycles. The number of halogens is 2. The van der Waals surface area contributed by atoms with Crippen molar-refractivity contribution in [1.82, 2.24) is 4.57 Å². The van der Waals surface area contributed by atoms with E-state index in [4.69, 9.17) is 4.74 Å². The Morgan fingerprint density at radius 2 is 2.04 bits per heavy atom. The molecule has 1 heterocycles. The normalized spacial score (nSPS) is 15.7. The van der Waals surface area contributed by atoms with Gasteiger partial charge in [-0.3, -0.25) is 9.59 Å². The second-order valence-electron chi connectivity index (χ2n) is 6.37. The predicted octanol–water partition coefficient (Wildman–Crippen LogP) is 3.55. The zero-order chi connectivity index (χ0) is 18.7. The van der Waals surface area contributed by atoms with Gasteiger partial charge in [-0.15, -0.1) is 0 Å². The van der Waals surface area contributed by atoms with E-state index in [9.17, 15) is 18.4 Å². The largest absolute Gasteiger partial charge is 0.465 e. The first-order chi connectivity index (χ1) is 12.5. The molecule has 1 aliphatic rings. The molecule has 1 fully saturated rings. The Balaban J connectivity index is 2.01. The van der Waals surface area contributed by atoms with Gasteiger partial charge >= 0.3 is 5.97 Å². The van der Waals surface area contributed by atoms with Gasteiger partial charge in [-0.25, -0.2) is 8.78 Å². The number of fused-ring (bicyclic) bond motifs is 1. The average molecular weight is 382 g/mol. The van der Waals surface area contributed by atoms with Gasteiger partial charge in [0, 0.05) is 12.5 Å². The van der Waals surface area contributed by atoms with E-state index in [-0.39, 0.29) is 29.4 Å². The van der Waals surface area contributed by atoms with E-state index in [1.165, 1.54) is 10.6 Å². The first kappa shape index (κ1) is 18.7. The molecule has 1 amide bonds. The summed E-state index contributed by atoms with van der Waals surface area (Å²) >= 11 is 0.986. The molecule has 0 spiro atoms. The lowest BCUT2D eigenvalue weighted by Gasteiger charge is -2.06. The van der Waals surface area contributed by atoms with Crippen LogP contribution in [-0.2, 0) is 20.9 Å². The van der Waals surface area contributed by atoms with Crippen molar-refractivity contribution >= 4 is 33.4 Å². The molecule has 3 rings (SSSR count). The van der Waals surface area contributed by atoms with Crippen molar-refractivity contribution in [2.45, 2.75) is 45.6 Å². The van der Waals surface area contributed by atoms with Gasteiger partial charge in [0.25, 0.3) is 0 Å². The third-order valence-corrected chi connectivity index (χ3v) is 5.47. The summed E-state index contributed by atoms with van der Waals surface area (Å²) in [6.45, 7) is 1.57. The van der Waals surface area contributed by atoms with Gasteiger partial charge in [0.15, 0.2) is 10.6 Å². The number of rotatable bonds is 5. The van der Waals surface area contributed by atoms with Gasteiger partial charge in [-0.1, -0.05) is 24.2 Å². The van der Waals surface area contributed by atoms with Crippen molar-refractivity contribution in [3.8, 4) is 0 Å². The zero-order valence-electron chi connectivity index (χ0n) is 14.5. The van der Waals surface area contributed by atoms with Gasteiger partial charge in [0.1, 0.15) is 12.4 Å². The second-order valence-corrected chi connectivity index (χ2v) is 7.38. The first-order valence-electron chi connectivity index (χ1n) is 8.69. The van der Waals surface area contributed by atoms with Crippen LogP contribution in [0, 0.1) is 17.6 Å². The summed E-state index contributed by atoms with van der Waals surface area (Å²) in [7, 11) is 0. The highest BCUT2D eigenvalue weighted by Gasteiger charge is 2.20. The summed E-state index contributed by atoms with van der Waals surface area (Å²) in [6, 6.07) is 1.92. The molecule has 0 bridgehead atoms. The summed E-state index contributed by atoms with van der Waals surface area (Å²) in [5.41, 5.74) is 0.0527. The van der Waals surface area contributed by atoms with Crippen molar-refractivity contribution in [3.05, 3.63) is 28.6 Å². The highest BCUT2D eigenvalue weighted by molar-refractivity contribution is 7.16. The smallest absolute Gasteiger partial charge is 0.326 e. The maximum Gasteiger partial charge on any atom is 0.326 e.